The molecule has 0 saturated carbocycles. The second-order valence-corrected chi connectivity index (χ2v) is 6.01. The van der Waals surface area contributed by atoms with Crippen molar-refractivity contribution in [1.82, 2.24) is 9.88 Å². The lowest BCUT2D eigenvalue weighted by molar-refractivity contribution is -0.127. The number of benzene rings is 2. The third kappa shape index (κ3) is 4.01. The fourth-order valence-electron chi connectivity index (χ4n) is 2.43. The Hall–Kier alpha value is -3.21. The van der Waals surface area contributed by atoms with Crippen molar-refractivity contribution in [3.05, 3.63) is 71.9 Å². The van der Waals surface area contributed by atoms with Gasteiger partial charge in [0.1, 0.15) is 5.69 Å². The number of nitrogens with zero attached hydrogens (tertiary/aromatic N) is 2. The normalized spacial score (nSPS) is 10.5. The Morgan fingerprint density at radius 3 is 2.40 bits per heavy atom. The summed E-state index contributed by atoms with van der Waals surface area (Å²) in [6.07, 6.45) is 0.341. The maximum atomic E-state index is 12.4. The molecule has 2 amide bonds. The summed E-state index contributed by atoms with van der Waals surface area (Å²) in [6.45, 7) is 0. The monoisotopic (exact) mass is 333 g/mol. The van der Waals surface area contributed by atoms with Crippen LogP contribution in [0.3, 0.4) is 0 Å². The molecule has 1 aromatic heterocycles. The van der Waals surface area contributed by atoms with Crippen molar-refractivity contribution < 1.29 is 9.59 Å². The Labute approximate surface area is 146 Å². The van der Waals surface area contributed by atoms with Crippen LogP contribution in [0.4, 0.5) is 5.69 Å². The molecule has 126 valence electrons. The average molecular weight is 333 g/mol. The van der Waals surface area contributed by atoms with E-state index in [4.69, 9.17) is 0 Å². The van der Waals surface area contributed by atoms with Gasteiger partial charge in [0, 0.05) is 25.2 Å². The smallest absolute Gasteiger partial charge is 0.274 e. The van der Waals surface area contributed by atoms with Crippen LogP contribution in [-0.2, 0) is 11.2 Å². The number of amides is 2. The Balaban J connectivity index is 1.70. The minimum atomic E-state index is -0.261. The molecule has 0 bridgehead atoms. The van der Waals surface area contributed by atoms with E-state index in [9.17, 15) is 9.59 Å². The number of pyridine rings is 1. The van der Waals surface area contributed by atoms with Crippen LogP contribution in [0.1, 0.15) is 16.1 Å². The summed E-state index contributed by atoms with van der Waals surface area (Å²) in [7, 11) is 3.46. The van der Waals surface area contributed by atoms with Crippen LogP contribution >= 0.6 is 0 Å². The van der Waals surface area contributed by atoms with Crippen molar-refractivity contribution in [1.29, 1.82) is 0 Å². The van der Waals surface area contributed by atoms with Gasteiger partial charge in [-0.25, -0.2) is 4.98 Å². The first-order valence-electron chi connectivity index (χ1n) is 7.99. The van der Waals surface area contributed by atoms with Crippen LogP contribution in [-0.4, -0.2) is 35.8 Å². The number of anilines is 1. The van der Waals surface area contributed by atoms with E-state index in [1.54, 1.807) is 37.2 Å². The van der Waals surface area contributed by atoms with E-state index in [1.165, 1.54) is 0 Å². The SMILES string of the molecule is CN(C)C(=O)Cc1ccc(NC(=O)c2ccc3ccccc3n2)cc1. The fourth-order valence-corrected chi connectivity index (χ4v) is 2.43. The molecular weight excluding hydrogens is 314 g/mol. The molecule has 0 atom stereocenters. The highest BCUT2D eigenvalue weighted by Crippen LogP contribution is 2.15. The first kappa shape index (κ1) is 16.6. The summed E-state index contributed by atoms with van der Waals surface area (Å²) < 4.78 is 0. The summed E-state index contributed by atoms with van der Waals surface area (Å²) >= 11 is 0. The van der Waals surface area contributed by atoms with Gasteiger partial charge >= 0.3 is 0 Å². The van der Waals surface area contributed by atoms with Crippen LogP contribution in [0.5, 0.6) is 0 Å². The zero-order chi connectivity index (χ0) is 17.8. The topological polar surface area (TPSA) is 62.3 Å². The van der Waals surface area contributed by atoms with Crippen molar-refractivity contribution in [3.8, 4) is 0 Å². The summed E-state index contributed by atoms with van der Waals surface area (Å²) in [4.78, 5) is 30.0. The maximum absolute atomic E-state index is 12.4. The summed E-state index contributed by atoms with van der Waals surface area (Å²) in [6, 6.07) is 18.5. The predicted molar refractivity (Wildman–Crippen MR) is 98.5 cm³/mol. The van der Waals surface area contributed by atoms with Gasteiger partial charge in [-0.3, -0.25) is 9.59 Å². The lowest BCUT2D eigenvalue weighted by Crippen LogP contribution is -2.23. The molecule has 0 aliphatic heterocycles. The molecule has 0 saturated heterocycles. The second-order valence-electron chi connectivity index (χ2n) is 6.01. The third-order valence-corrected chi connectivity index (χ3v) is 3.90. The van der Waals surface area contributed by atoms with Gasteiger partial charge in [-0.2, -0.15) is 0 Å². The molecule has 5 nitrogen and oxygen atoms in total. The lowest BCUT2D eigenvalue weighted by Gasteiger charge is -2.10. The minimum Gasteiger partial charge on any atom is -0.349 e. The van der Waals surface area contributed by atoms with Crippen molar-refractivity contribution in [2.45, 2.75) is 6.42 Å². The molecule has 0 fully saturated rings. The van der Waals surface area contributed by atoms with E-state index in [0.717, 1.165) is 16.5 Å². The summed E-state index contributed by atoms with van der Waals surface area (Å²) in [5.41, 5.74) is 2.72. The van der Waals surface area contributed by atoms with Crippen LogP contribution in [0.2, 0.25) is 0 Å². The molecule has 3 aromatic rings. The van der Waals surface area contributed by atoms with Gasteiger partial charge in [0.2, 0.25) is 5.91 Å². The zero-order valence-electron chi connectivity index (χ0n) is 14.2. The van der Waals surface area contributed by atoms with E-state index in [2.05, 4.69) is 10.3 Å². The van der Waals surface area contributed by atoms with Gasteiger partial charge in [0.25, 0.3) is 5.91 Å². The molecule has 5 heteroatoms. The standard InChI is InChI=1S/C20H19N3O2/c1-23(2)19(24)13-14-7-10-16(11-8-14)21-20(25)18-12-9-15-5-3-4-6-17(15)22-18/h3-12H,13H2,1-2H3,(H,21,25). The number of nitrogens with one attached hydrogen (secondary N) is 1. The number of hydrogen-bond donors (Lipinski definition) is 1. The van der Waals surface area contributed by atoms with Crippen molar-refractivity contribution in [3.63, 3.8) is 0 Å². The van der Waals surface area contributed by atoms with Crippen molar-refractivity contribution in [2.24, 2.45) is 0 Å². The molecule has 2 aromatic carbocycles. The second kappa shape index (κ2) is 7.13. The van der Waals surface area contributed by atoms with Crippen molar-refractivity contribution >= 4 is 28.4 Å². The first-order chi connectivity index (χ1) is 12.0. The molecule has 0 spiro atoms. The van der Waals surface area contributed by atoms with Crippen LogP contribution in [0.25, 0.3) is 10.9 Å². The Morgan fingerprint density at radius 1 is 0.960 bits per heavy atom. The van der Waals surface area contributed by atoms with Crippen LogP contribution in [0, 0.1) is 0 Å². The zero-order valence-corrected chi connectivity index (χ0v) is 14.2. The maximum Gasteiger partial charge on any atom is 0.274 e. The molecule has 1 heterocycles. The molecule has 0 unspecified atom stereocenters. The van der Waals surface area contributed by atoms with Gasteiger partial charge in [-0.15, -0.1) is 0 Å². The number of likely N-dealkylation sites (N-methyl/N-ethyl adjacent to an activating group) is 1. The van der Waals surface area contributed by atoms with Gasteiger partial charge in [-0.05, 0) is 29.8 Å². The molecule has 0 radical (unpaired) electrons. The first-order valence-corrected chi connectivity index (χ1v) is 7.99. The number of rotatable bonds is 4. The Bertz CT molecular complexity index is 918. The summed E-state index contributed by atoms with van der Waals surface area (Å²) in [5, 5.41) is 3.82. The molecular formula is C20H19N3O2. The highest BCUT2D eigenvalue weighted by molar-refractivity contribution is 6.04. The molecule has 1 N–H and O–H groups in total. The van der Waals surface area contributed by atoms with Crippen molar-refractivity contribution in [2.75, 3.05) is 19.4 Å². The van der Waals surface area contributed by atoms with Crippen LogP contribution in [0.15, 0.2) is 60.7 Å². The van der Waals surface area contributed by atoms with E-state index in [0.29, 0.717) is 17.8 Å². The highest BCUT2D eigenvalue weighted by Gasteiger charge is 2.09. The van der Waals surface area contributed by atoms with Gasteiger partial charge in [0.05, 0.1) is 11.9 Å². The van der Waals surface area contributed by atoms with E-state index in [-0.39, 0.29) is 11.8 Å². The summed E-state index contributed by atoms with van der Waals surface area (Å²) in [5.74, 6) is -0.222. The predicted octanol–water partition coefficient (Wildman–Crippen LogP) is 3.12. The largest absolute Gasteiger partial charge is 0.349 e. The van der Waals surface area contributed by atoms with E-state index in [1.807, 2.05) is 42.5 Å². The quantitative estimate of drug-likeness (QED) is 0.798. The molecule has 0 aliphatic carbocycles. The molecule has 0 aliphatic rings. The van der Waals surface area contributed by atoms with Gasteiger partial charge in [0.15, 0.2) is 0 Å². The Kier molecular flexibility index (Phi) is 4.75. The number of aromatic nitrogens is 1. The average Bonchev–Trinajstić information content (AvgIpc) is 2.62. The molecule has 25 heavy (non-hydrogen) atoms. The Morgan fingerprint density at radius 2 is 1.68 bits per heavy atom. The van der Waals surface area contributed by atoms with E-state index < -0.39 is 0 Å². The highest BCUT2D eigenvalue weighted by atomic mass is 16.2. The van der Waals surface area contributed by atoms with E-state index >= 15 is 0 Å². The van der Waals surface area contributed by atoms with Gasteiger partial charge in [-0.1, -0.05) is 36.4 Å². The number of fused-ring (bicyclic) bond motifs is 1. The number of carbonyl (C=O) groups is 2. The number of carbonyl (C=O) groups excluding carboxylic acids is 2. The number of para-hydroxylation sites is 1. The fraction of sp³-hybridized carbons (Fsp3) is 0.150. The lowest BCUT2D eigenvalue weighted by atomic mass is 10.1. The molecule has 3 rings (SSSR count). The minimum absolute atomic E-state index is 0.0390. The number of hydrogen-bond acceptors (Lipinski definition) is 3. The van der Waals surface area contributed by atoms with Crippen LogP contribution < -0.4 is 5.32 Å². The van der Waals surface area contributed by atoms with Gasteiger partial charge < -0.3 is 10.2 Å². The third-order valence-electron chi connectivity index (χ3n) is 3.90.